The van der Waals surface area contributed by atoms with Crippen molar-refractivity contribution in [2.24, 2.45) is 0 Å². The zero-order chi connectivity index (χ0) is 25.8. The predicted octanol–water partition coefficient (Wildman–Crippen LogP) is 4.44. The molecule has 2 aromatic carbocycles. The third-order valence-corrected chi connectivity index (χ3v) is 8.02. The molecule has 1 aromatic heterocycles. The zero-order valence-corrected chi connectivity index (χ0v) is 22.6. The van der Waals surface area contributed by atoms with E-state index in [-0.39, 0.29) is 12.5 Å². The van der Waals surface area contributed by atoms with E-state index in [0.29, 0.717) is 24.8 Å². The Hall–Kier alpha value is -2.88. The van der Waals surface area contributed by atoms with Gasteiger partial charge in [-0.1, -0.05) is 12.1 Å². The lowest BCUT2D eigenvalue weighted by Gasteiger charge is -2.31. The Morgan fingerprint density at radius 1 is 1.32 bits per heavy atom. The molecule has 1 saturated carbocycles. The lowest BCUT2D eigenvalue weighted by atomic mass is 9.93. The van der Waals surface area contributed by atoms with Crippen LogP contribution in [-0.4, -0.2) is 52.7 Å². The molecule has 0 saturated heterocycles. The normalized spacial score (nSPS) is 16.5. The summed E-state index contributed by atoms with van der Waals surface area (Å²) < 4.78 is 12.3. The topological polar surface area (TPSA) is 99.9 Å². The highest BCUT2D eigenvalue weighted by molar-refractivity contribution is 9.10. The maximum atomic E-state index is 12.7. The second-order valence-electron chi connectivity index (χ2n) is 9.87. The third-order valence-electron chi connectivity index (χ3n) is 7.15. The number of hydrogen-bond donors (Lipinski definition) is 3. The lowest BCUT2D eigenvalue weighted by molar-refractivity contribution is 0.0841. The number of carbonyl (C=O) groups is 1. The number of hydrogen-bond acceptors (Lipinski definition) is 7. The first-order valence-electron chi connectivity index (χ1n) is 12.8. The minimum atomic E-state index is -0.655. The van der Waals surface area contributed by atoms with Gasteiger partial charge in [-0.15, -0.1) is 0 Å². The number of rotatable bonds is 10. The Morgan fingerprint density at radius 2 is 2.19 bits per heavy atom. The Kier molecular flexibility index (Phi) is 8.12. The number of amides is 1. The van der Waals surface area contributed by atoms with E-state index in [0.717, 1.165) is 46.9 Å². The van der Waals surface area contributed by atoms with Crippen LogP contribution in [0.1, 0.15) is 52.2 Å². The number of ether oxygens (including phenoxy) is 1. The fourth-order valence-electron chi connectivity index (χ4n) is 4.74. The van der Waals surface area contributed by atoms with Crippen LogP contribution in [0, 0.1) is 6.92 Å². The maximum absolute atomic E-state index is 12.7. The van der Waals surface area contributed by atoms with Crippen molar-refractivity contribution in [2.75, 3.05) is 25.0 Å². The fraction of sp³-hybridized carbons (Fsp3) is 0.429. The molecule has 8 nitrogen and oxygen atoms in total. The molecule has 37 heavy (non-hydrogen) atoms. The summed E-state index contributed by atoms with van der Waals surface area (Å²) in [6, 6.07) is 12.1. The van der Waals surface area contributed by atoms with Gasteiger partial charge in [-0.25, -0.2) is 4.98 Å². The van der Waals surface area contributed by atoms with Crippen LogP contribution in [0.4, 0.5) is 5.69 Å². The van der Waals surface area contributed by atoms with Crippen molar-refractivity contribution in [3.63, 3.8) is 0 Å². The summed E-state index contributed by atoms with van der Waals surface area (Å²) in [6.45, 7) is 4.47. The molecule has 0 bridgehead atoms. The van der Waals surface area contributed by atoms with Crippen LogP contribution < -0.4 is 15.4 Å². The van der Waals surface area contributed by atoms with E-state index in [1.807, 2.05) is 31.2 Å². The molecule has 2 heterocycles. The van der Waals surface area contributed by atoms with Crippen LogP contribution in [0.3, 0.4) is 0 Å². The molecule has 1 atom stereocenters. The van der Waals surface area contributed by atoms with Crippen molar-refractivity contribution in [1.82, 2.24) is 15.2 Å². The molecule has 9 heteroatoms. The van der Waals surface area contributed by atoms with E-state index in [1.165, 1.54) is 36.8 Å². The minimum absolute atomic E-state index is 0.169. The average Bonchev–Trinajstić information content (AvgIpc) is 3.29. The molecular weight excluding hydrogens is 536 g/mol. The number of benzene rings is 2. The van der Waals surface area contributed by atoms with E-state index in [1.54, 1.807) is 6.07 Å². The van der Waals surface area contributed by atoms with E-state index in [4.69, 9.17) is 9.15 Å². The fourth-order valence-corrected chi connectivity index (χ4v) is 5.44. The molecule has 5 rings (SSSR count). The van der Waals surface area contributed by atoms with Crippen molar-refractivity contribution in [2.45, 2.75) is 57.9 Å². The Bertz CT molecular complexity index is 1240. The number of nitrogens with zero attached hydrogens (tertiary/aromatic N) is 2. The van der Waals surface area contributed by atoms with Crippen molar-refractivity contribution in [3.8, 4) is 5.75 Å². The SMILES string of the molecule is Cc1ncoc1COc1ccc2c(c1Br)CCN(CC(O)CNC(=O)c1cccc(NC3CCC3)c1)C2. The van der Waals surface area contributed by atoms with Crippen molar-refractivity contribution >= 4 is 27.5 Å². The number of aliphatic hydroxyl groups excluding tert-OH is 1. The molecule has 3 N–H and O–H groups in total. The molecule has 3 aromatic rings. The number of carbonyl (C=O) groups excluding carboxylic acids is 1. The molecule has 1 aliphatic carbocycles. The van der Waals surface area contributed by atoms with Crippen molar-refractivity contribution in [3.05, 3.63) is 75.4 Å². The second kappa shape index (κ2) is 11.7. The Labute approximate surface area is 225 Å². The lowest BCUT2D eigenvalue weighted by Crippen LogP contribution is -2.42. The molecule has 2 aliphatic rings. The first kappa shape index (κ1) is 25.8. The van der Waals surface area contributed by atoms with Gasteiger partial charge < -0.3 is 24.9 Å². The number of fused-ring (bicyclic) bond motifs is 1. The van der Waals surface area contributed by atoms with E-state index in [9.17, 15) is 9.90 Å². The van der Waals surface area contributed by atoms with Crippen LogP contribution >= 0.6 is 15.9 Å². The standard InChI is InChI=1S/C28H33BrN4O4/c1-18-26(37-17-31-18)16-36-25-9-8-20-14-33(11-10-24(20)27(25)29)15-23(34)13-30-28(35)19-4-2-7-22(12-19)32-21-5-3-6-21/h2,4,7-9,12,17,21,23,32,34H,3,5-6,10-11,13-16H2,1H3,(H,30,35). The molecule has 1 amide bonds. The predicted molar refractivity (Wildman–Crippen MR) is 145 cm³/mol. The first-order valence-corrected chi connectivity index (χ1v) is 13.6. The number of anilines is 1. The van der Waals surface area contributed by atoms with Crippen LogP contribution in [0.15, 0.2) is 51.7 Å². The number of halogens is 1. The van der Waals surface area contributed by atoms with Gasteiger partial charge in [0.1, 0.15) is 12.4 Å². The molecule has 0 radical (unpaired) electrons. The minimum Gasteiger partial charge on any atom is -0.484 e. The Morgan fingerprint density at radius 3 is 2.95 bits per heavy atom. The van der Waals surface area contributed by atoms with Gasteiger partial charge in [-0.2, -0.15) is 0 Å². The number of aryl methyl sites for hydroxylation is 1. The average molecular weight is 570 g/mol. The first-order chi connectivity index (χ1) is 18.0. The second-order valence-corrected chi connectivity index (χ2v) is 10.7. The van der Waals surface area contributed by atoms with E-state index >= 15 is 0 Å². The number of aromatic nitrogens is 1. The van der Waals surface area contributed by atoms with Crippen LogP contribution in [0.5, 0.6) is 5.75 Å². The molecule has 1 unspecified atom stereocenters. The van der Waals surface area contributed by atoms with Gasteiger partial charge in [-0.05, 0) is 83.9 Å². The quantitative estimate of drug-likeness (QED) is 0.332. The number of nitrogens with one attached hydrogen (secondary N) is 2. The summed E-state index contributed by atoms with van der Waals surface area (Å²) in [6.07, 6.45) is 5.23. The molecule has 196 valence electrons. The Balaban J connectivity index is 1.10. The summed E-state index contributed by atoms with van der Waals surface area (Å²) in [5.74, 6) is 1.32. The van der Waals surface area contributed by atoms with Crippen molar-refractivity contribution in [1.29, 1.82) is 0 Å². The summed E-state index contributed by atoms with van der Waals surface area (Å²) in [5.41, 5.74) is 4.82. The largest absolute Gasteiger partial charge is 0.484 e. The summed E-state index contributed by atoms with van der Waals surface area (Å²) in [4.78, 5) is 19.0. The third kappa shape index (κ3) is 6.34. The highest BCUT2D eigenvalue weighted by Crippen LogP contribution is 2.35. The highest BCUT2D eigenvalue weighted by atomic mass is 79.9. The molecule has 1 aliphatic heterocycles. The van der Waals surface area contributed by atoms with Gasteiger partial charge in [0.15, 0.2) is 12.2 Å². The van der Waals surface area contributed by atoms with Gasteiger partial charge in [0.2, 0.25) is 0 Å². The van der Waals surface area contributed by atoms with E-state index in [2.05, 4.69) is 42.5 Å². The van der Waals surface area contributed by atoms with Gasteiger partial charge in [0, 0.05) is 43.5 Å². The van der Waals surface area contributed by atoms with Gasteiger partial charge in [0.25, 0.3) is 5.91 Å². The number of aliphatic hydroxyl groups is 1. The van der Waals surface area contributed by atoms with Crippen LogP contribution in [0.25, 0.3) is 0 Å². The van der Waals surface area contributed by atoms with Crippen LogP contribution in [0.2, 0.25) is 0 Å². The molecule has 0 spiro atoms. The molecule has 1 fully saturated rings. The van der Waals surface area contributed by atoms with Gasteiger partial charge in [-0.3, -0.25) is 9.69 Å². The smallest absolute Gasteiger partial charge is 0.251 e. The van der Waals surface area contributed by atoms with Gasteiger partial charge >= 0.3 is 0 Å². The molecular formula is C28H33BrN4O4. The van der Waals surface area contributed by atoms with Crippen LogP contribution in [-0.2, 0) is 19.6 Å². The number of β-amino-alcohol motifs (C(OH)–C–C–N with tert-alkyl or cyclic N) is 1. The van der Waals surface area contributed by atoms with Gasteiger partial charge in [0.05, 0.1) is 16.3 Å². The monoisotopic (exact) mass is 568 g/mol. The number of oxazole rings is 1. The summed E-state index contributed by atoms with van der Waals surface area (Å²) in [5, 5.41) is 17.0. The highest BCUT2D eigenvalue weighted by Gasteiger charge is 2.23. The maximum Gasteiger partial charge on any atom is 0.251 e. The summed E-state index contributed by atoms with van der Waals surface area (Å²) in [7, 11) is 0. The van der Waals surface area contributed by atoms with Crippen molar-refractivity contribution < 1.29 is 19.1 Å². The van der Waals surface area contributed by atoms with E-state index < -0.39 is 6.10 Å². The summed E-state index contributed by atoms with van der Waals surface area (Å²) >= 11 is 3.72. The zero-order valence-electron chi connectivity index (χ0n) is 21.0.